The molecule has 2 aromatic carbocycles. The molecule has 1 atom stereocenters. The monoisotopic (exact) mass is 500 g/mol. The van der Waals surface area contributed by atoms with Crippen LogP contribution in [-0.4, -0.2) is 29.7 Å². The predicted molar refractivity (Wildman–Crippen MR) is 136 cm³/mol. The Bertz CT molecular complexity index is 1650. The molecule has 1 aliphatic rings. The molecule has 1 fully saturated rings. The van der Waals surface area contributed by atoms with Crippen LogP contribution in [0.1, 0.15) is 43.4 Å². The highest BCUT2D eigenvalue weighted by atomic mass is 35.5. The van der Waals surface area contributed by atoms with Gasteiger partial charge >= 0.3 is 0 Å². The first-order valence-electron chi connectivity index (χ1n) is 11.5. The molecule has 10 nitrogen and oxygen atoms in total. The second-order valence-electron chi connectivity index (χ2n) is 8.65. The van der Waals surface area contributed by atoms with Crippen LogP contribution in [0.2, 0.25) is 5.02 Å². The maximum atomic E-state index is 13.7. The molecule has 0 spiro atoms. The van der Waals surface area contributed by atoms with Gasteiger partial charge in [0.15, 0.2) is 0 Å². The number of halogens is 1. The van der Waals surface area contributed by atoms with Crippen LogP contribution in [0.25, 0.3) is 28.0 Å². The second kappa shape index (κ2) is 8.72. The number of benzene rings is 2. The first kappa shape index (κ1) is 22.2. The Labute approximate surface area is 210 Å². The molecule has 3 aromatic heterocycles. The standard InChI is InChI=1S/C25H21ClN8O2/c1-13(30-21-19(20(27)28-12-29-21)24-33-32-23(36-24)14-10-11-14)22-31-17-9-5-8-16(26)18(17)25(35)34(22)15-6-3-2-4-7-15/h2-9,12-14H,10-11H2,1H3,(H3,27,28,29,30)/t13-/m0/s1. The summed E-state index contributed by atoms with van der Waals surface area (Å²) in [6.07, 6.45) is 3.41. The minimum atomic E-state index is -0.486. The van der Waals surface area contributed by atoms with Gasteiger partial charge in [-0.15, -0.1) is 10.2 Å². The Morgan fingerprint density at radius 1 is 1.11 bits per heavy atom. The Hall–Kier alpha value is -4.31. The fourth-order valence-electron chi connectivity index (χ4n) is 4.14. The van der Waals surface area contributed by atoms with Gasteiger partial charge in [-0.1, -0.05) is 35.9 Å². The molecular weight excluding hydrogens is 480 g/mol. The van der Waals surface area contributed by atoms with E-state index in [1.165, 1.54) is 6.33 Å². The summed E-state index contributed by atoms with van der Waals surface area (Å²) in [6, 6.07) is 14.0. The number of nitrogens with zero attached hydrogens (tertiary/aromatic N) is 6. The van der Waals surface area contributed by atoms with Gasteiger partial charge in [0.05, 0.1) is 27.7 Å². The average molecular weight is 501 g/mol. The summed E-state index contributed by atoms with van der Waals surface area (Å²) in [7, 11) is 0. The Morgan fingerprint density at radius 2 is 1.92 bits per heavy atom. The van der Waals surface area contributed by atoms with Crippen molar-refractivity contribution >= 4 is 34.1 Å². The van der Waals surface area contributed by atoms with E-state index < -0.39 is 6.04 Å². The van der Waals surface area contributed by atoms with Crippen LogP contribution in [0.4, 0.5) is 11.6 Å². The van der Waals surface area contributed by atoms with Crippen molar-refractivity contribution in [2.24, 2.45) is 0 Å². The number of anilines is 2. The summed E-state index contributed by atoms with van der Waals surface area (Å²) < 4.78 is 7.43. The van der Waals surface area contributed by atoms with Gasteiger partial charge in [0.2, 0.25) is 5.89 Å². The van der Waals surface area contributed by atoms with Crippen LogP contribution in [-0.2, 0) is 0 Å². The molecule has 1 aliphatic carbocycles. The molecule has 0 bridgehead atoms. The molecule has 0 amide bonds. The van der Waals surface area contributed by atoms with Gasteiger partial charge in [-0.3, -0.25) is 9.36 Å². The van der Waals surface area contributed by atoms with Crippen molar-refractivity contribution in [3.63, 3.8) is 0 Å². The van der Waals surface area contributed by atoms with Crippen LogP contribution >= 0.6 is 11.6 Å². The van der Waals surface area contributed by atoms with Crippen LogP contribution in [0.3, 0.4) is 0 Å². The quantitative estimate of drug-likeness (QED) is 0.344. The molecule has 6 rings (SSSR count). The van der Waals surface area contributed by atoms with Gasteiger partial charge in [0, 0.05) is 5.92 Å². The molecule has 11 heteroatoms. The van der Waals surface area contributed by atoms with Crippen LogP contribution in [0.15, 0.2) is 64.1 Å². The SMILES string of the molecule is C[C@H](Nc1ncnc(N)c1-c1nnc(C2CC2)o1)c1nc2cccc(Cl)c2c(=O)n1-c1ccccc1. The van der Waals surface area contributed by atoms with Gasteiger partial charge in [-0.05, 0) is 44.0 Å². The molecule has 0 saturated heterocycles. The summed E-state index contributed by atoms with van der Waals surface area (Å²) in [5.41, 5.74) is 7.49. The van der Waals surface area contributed by atoms with E-state index in [2.05, 4.69) is 25.5 Å². The molecule has 0 aliphatic heterocycles. The van der Waals surface area contributed by atoms with E-state index in [9.17, 15) is 4.79 Å². The fraction of sp³-hybridized carbons (Fsp3) is 0.200. The third-order valence-electron chi connectivity index (χ3n) is 6.09. The lowest BCUT2D eigenvalue weighted by Gasteiger charge is -2.21. The minimum absolute atomic E-state index is 0.199. The lowest BCUT2D eigenvalue weighted by atomic mass is 10.2. The zero-order chi connectivity index (χ0) is 24.8. The number of aromatic nitrogens is 6. The van der Waals surface area contributed by atoms with Gasteiger partial charge in [0.1, 0.15) is 29.4 Å². The van der Waals surface area contributed by atoms with E-state index in [1.807, 2.05) is 37.3 Å². The largest absolute Gasteiger partial charge is 0.420 e. The van der Waals surface area contributed by atoms with Crippen molar-refractivity contribution in [2.45, 2.75) is 31.7 Å². The van der Waals surface area contributed by atoms with E-state index in [-0.39, 0.29) is 17.3 Å². The number of fused-ring (bicyclic) bond motifs is 1. The number of para-hydroxylation sites is 1. The van der Waals surface area contributed by atoms with Gasteiger partial charge < -0.3 is 15.5 Å². The predicted octanol–water partition coefficient (Wildman–Crippen LogP) is 4.51. The smallest absolute Gasteiger partial charge is 0.267 e. The summed E-state index contributed by atoms with van der Waals surface area (Å²) in [4.78, 5) is 27.0. The van der Waals surface area contributed by atoms with Crippen LogP contribution in [0.5, 0.6) is 0 Å². The van der Waals surface area contributed by atoms with E-state index in [0.717, 1.165) is 12.8 Å². The van der Waals surface area contributed by atoms with Crippen molar-refractivity contribution in [2.75, 3.05) is 11.1 Å². The summed E-state index contributed by atoms with van der Waals surface area (Å²) in [6.45, 7) is 1.88. The van der Waals surface area contributed by atoms with E-state index in [4.69, 9.17) is 26.7 Å². The molecule has 0 unspecified atom stereocenters. The highest BCUT2D eigenvalue weighted by Crippen LogP contribution is 2.41. The van der Waals surface area contributed by atoms with Crippen molar-refractivity contribution in [1.82, 2.24) is 29.7 Å². The third-order valence-corrected chi connectivity index (χ3v) is 6.40. The first-order valence-corrected chi connectivity index (χ1v) is 11.9. The van der Waals surface area contributed by atoms with Crippen molar-refractivity contribution < 1.29 is 4.42 Å². The highest BCUT2D eigenvalue weighted by molar-refractivity contribution is 6.35. The number of hydrogen-bond donors (Lipinski definition) is 2. The summed E-state index contributed by atoms with van der Waals surface area (Å²) in [5, 5.41) is 12.4. The summed E-state index contributed by atoms with van der Waals surface area (Å²) >= 11 is 6.39. The molecule has 0 radical (unpaired) electrons. The Balaban J connectivity index is 1.47. The number of rotatable bonds is 6. The summed E-state index contributed by atoms with van der Waals surface area (Å²) in [5.74, 6) is 2.17. The average Bonchev–Trinajstić information content (AvgIpc) is 3.62. The van der Waals surface area contributed by atoms with Crippen molar-refractivity contribution in [3.05, 3.63) is 81.9 Å². The minimum Gasteiger partial charge on any atom is -0.420 e. The molecule has 3 N–H and O–H groups in total. The topological polar surface area (TPSA) is 138 Å². The zero-order valence-electron chi connectivity index (χ0n) is 19.2. The number of nitrogen functional groups attached to an aromatic ring is 1. The number of nitrogens with two attached hydrogens (primary N) is 1. The molecule has 3 heterocycles. The van der Waals surface area contributed by atoms with Crippen LogP contribution < -0.4 is 16.6 Å². The van der Waals surface area contributed by atoms with Gasteiger partial charge in [-0.25, -0.2) is 15.0 Å². The molecular formula is C25H21ClN8O2. The highest BCUT2D eigenvalue weighted by Gasteiger charge is 2.31. The number of hydrogen-bond acceptors (Lipinski definition) is 9. The number of nitrogens with one attached hydrogen (secondary N) is 1. The van der Waals surface area contributed by atoms with E-state index >= 15 is 0 Å². The normalized spacial score (nSPS) is 14.2. The van der Waals surface area contributed by atoms with Crippen molar-refractivity contribution in [1.29, 1.82) is 0 Å². The Morgan fingerprint density at radius 3 is 2.69 bits per heavy atom. The van der Waals surface area contributed by atoms with E-state index in [1.54, 1.807) is 22.8 Å². The maximum Gasteiger partial charge on any atom is 0.267 e. The Kier molecular flexibility index (Phi) is 5.37. The molecule has 1 saturated carbocycles. The zero-order valence-corrected chi connectivity index (χ0v) is 20.0. The lowest BCUT2D eigenvalue weighted by Crippen LogP contribution is -2.27. The maximum absolute atomic E-state index is 13.7. The van der Waals surface area contributed by atoms with Crippen LogP contribution in [0, 0.1) is 0 Å². The van der Waals surface area contributed by atoms with Gasteiger partial charge in [-0.2, -0.15) is 0 Å². The lowest BCUT2D eigenvalue weighted by molar-refractivity contribution is 0.508. The van der Waals surface area contributed by atoms with Gasteiger partial charge in [0.25, 0.3) is 11.4 Å². The second-order valence-corrected chi connectivity index (χ2v) is 9.06. The molecule has 5 aromatic rings. The van der Waals surface area contributed by atoms with E-state index in [0.29, 0.717) is 50.6 Å². The van der Waals surface area contributed by atoms with Crippen molar-refractivity contribution in [3.8, 4) is 17.1 Å². The molecule has 180 valence electrons. The molecule has 36 heavy (non-hydrogen) atoms. The fourth-order valence-corrected chi connectivity index (χ4v) is 4.39. The first-order chi connectivity index (χ1) is 17.5. The third kappa shape index (κ3) is 3.85.